The smallest absolute Gasteiger partial charge is 0.245 e. The van der Waals surface area contributed by atoms with Gasteiger partial charge in [-0.2, -0.15) is 0 Å². The molecule has 1 unspecified atom stereocenters. The highest BCUT2D eigenvalue weighted by atomic mass is 35.5. The van der Waals surface area contributed by atoms with Gasteiger partial charge in [0.05, 0.1) is 18.2 Å². The second-order valence-corrected chi connectivity index (χ2v) is 6.04. The summed E-state index contributed by atoms with van der Waals surface area (Å²) in [4.78, 5) is 10.5. The van der Waals surface area contributed by atoms with Gasteiger partial charge >= 0.3 is 0 Å². The average Bonchev–Trinajstić information content (AvgIpc) is 3.34. The quantitative estimate of drug-likeness (QED) is 0.636. The number of nitrogens with zero attached hydrogens (tertiary/aromatic N) is 6. The summed E-state index contributed by atoms with van der Waals surface area (Å²) in [5.41, 5.74) is 1.97. The van der Waals surface area contributed by atoms with Crippen LogP contribution in [0.3, 0.4) is 0 Å². The number of anilines is 1. The van der Waals surface area contributed by atoms with Crippen molar-refractivity contribution in [1.29, 1.82) is 0 Å². The van der Waals surface area contributed by atoms with E-state index in [4.69, 9.17) is 0 Å². The van der Waals surface area contributed by atoms with E-state index < -0.39 is 0 Å². The van der Waals surface area contributed by atoms with Crippen LogP contribution in [0.1, 0.15) is 6.42 Å². The SMILES string of the molecule is CNC1CCN(c2ncc(-c3ccc(-n4ccnc4)cc3O)nn2)C1.Cl.Cl.Cl. The second kappa shape index (κ2) is 10.4. The molecule has 0 amide bonds. The molecule has 3 heterocycles. The van der Waals surface area contributed by atoms with Crippen molar-refractivity contribution in [3.63, 3.8) is 0 Å². The van der Waals surface area contributed by atoms with Crippen LogP contribution in [0.2, 0.25) is 0 Å². The zero-order valence-corrected chi connectivity index (χ0v) is 17.5. The number of rotatable bonds is 4. The van der Waals surface area contributed by atoms with Crippen molar-refractivity contribution in [3.05, 3.63) is 43.1 Å². The van der Waals surface area contributed by atoms with E-state index in [1.165, 1.54) is 0 Å². The highest BCUT2D eigenvalue weighted by Crippen LogP contribution is 2.29. The molecule has 0 saturated carbocycles. The van der Waals surface area contributed by atoms with E-state index in [-0.39, 0.29) is 43.0 Å². The van der Waals surface area contributed by atoms with Crippen LogP contribution >= 0.6 is 37.2 Å². The van der Waals surface area contributed by atoms with Crippen LogP contribution in [0.4, 0.5) is 5.95 Å². The predicted molar refractivity (Wildman–Crippen MR) is 115 cm³/mol. The Morgan fingerprint density at radius 3 is 2.57 bits per heavy atom. The normalized spacial score (nSPS) is 15.3. The first kappa shape index (κ1) is 23.9. The number of phenolic OH excluding ortho intramolecular Hbond substituents is 1. The summed E-state index contributed by atoms with van der Waals surface area (Å²) in [7, 11) is 1.96. The number of nitrogens with one attached hydrogen (secondary N) is 1. The number of likely N-dealkylation sites (N-methyl/N-ethyl adjacent to an activating group) is 1. The van der Waals surface area contributed by atoms with Crippen molar-refractivity contribution < 1.29 is 5.11 Å². The lowest BCUT2D eigenvalue weighted by atomic mass is 10.1. The van der Waals surface area contributed by atoms with Gasteiger partial charge in [0.2, 0.25) is 5.95 Å². The number of aromatic hydroxyl groups is 1. The van der Waals surface area contributed by atoms with Gasteiger partial charge in [0.25, 0.3) is 0 Å². The monoisotopic (exact) mass is 445 g/mol. The zero-order valence-electron chi connectivity index (χ0n) is 15.1. The van der Waals surface area contributed by atoms with Crippen LogP contribution in [0.15, 0.2) is 43.1 Å². The summed E-state index contributed by atoms with van der Waals surface area (Å²) in [5.74, 6) is 0.752. The molecule has 0 aliphatic carbocycles. The second-order valence-electron chi connectivity index (χ2n) is 6.04. The molecule has 1 aliphatic heterocycles. The van der Waals surface area contributed by atoms with E-state index in [9.17, 15) is 5.11 Å². The lowest BCUT2D eigenvalue weighted by Crippen LogP contribution is -2.30. The van der Waals surface area contributed by atoms with Crippen molar-refractivity contribution >= 4 is 43.2 Å². The minimum Gasteiger partial charge on any atom is -0.507 e. The van der Waals surface area contributed by atoms with Crippen LogP contribution in [0.5, 0.6) is 5.75 Å². The van der Waals surface area contributed by atoms with Crippen molar-refractivity contribution in [1.82, 2.24) is 30.0 Å². The molecular weight excluding hydrogens is 425 g/mol. The van der Waals surface area contributed by atoms with Crippen LogP contribution < -0.4 is 10.2 Å². The molecule has 1 fully saturated rings. The maximum atomic E-state index is 10.3. The highest BCUT2D eigenvalue weighted by molar-refractivity contribution is 5.86. The summed E-state index contributed by atoms with van der Waals surface area (Å²) in [6, 6.07) is 5.83. The number of halogens is 3. The van der Waals surface area contributed by atoms with Gasteiger partial charge in [-0.3, -0.25) is 0 Å². The molecule has 28 heavy (non-hydrogen) atoms. The van der Waals surface area contributed by atoms with E-state index in [1.807, 2.05) is 29.9 Å². The molecule has 152 valence electrons. The van der Waals surface area contributed by atoms with Crippen LogP contribution in [-0.4, -0.2) is 56.0 Å². The fourth-order valence-corrected chi connectivity index (χ4v) is 3.02. The van der Waals surface area contributed by atoms with Gasteiger partial charge in [0.1, 0.15) is 11.4 Å². The Labute approximate surface area is 181 Å². The highest BCUT2D eigenvalue weighted by Gasteiger charge is 2.23. The fourth-order valence-electron chi connectivity index (χ4n) is 3.02. The lowest BCUT2D eigenvalue weighted by molar-refractivity contribution is 0.476. The Hall–Kier alpha value is -2.13. The third-order valence-corrected chi connectivity index (χ3v) is 4.49. The third kappa shape index (κ3) is 4.82. The average molecular weight is 447 g/mol. The van der Waals surface area contributed by atoms with E-state index in [0.717, 1.165) is 25.2 Å². The summed E-state index contributed by atoms with van der Waals surface area (Å²) < 4.78 is 1.82. The van der Waals surface area contributed by atoms with Crippen molar-refractivity contribution in [2.45, 2.75) is 12.5 Å². The summed E-state index contributed by atoms with van der Waals surface area (Å²) in [6.45, 7) is 1.79. The van der Waals surface area contributed by atoms with Crippen molar-refractivity contribution in [3.8, 4) is 22.7 Å². The van der Waals surface area contributed by atoms with E-state index in [2.05, 4.69) is 30.4 Å². The Morgan fingerprint density at radius 2 is 2.00 bits per heavy atom. The molecule has 8 nitrogen and oxygen atoms in total. The molecule has 4 rings (SSSR count). The van der Waals surface area contributed by atoms with E-state index >= 15 is 0 Å². The zero-order chi connectivity index (χ0) is 17.2. The van der Waals surface area contributed by atoms with Gasteiger partial charge < -0.3 is 19.9 Å². The first-order valence-corrected chi connectivity index (χ1v) is 8.18. The summed E-state index contributed by atoms with van der Waals surface area (Å²) in [6.07, 6.45) is 7.91. The van der Waals surface area contributed by atoms with E-state index in [0.29, 0.717) is 23.2 Å². The molecule has 2 aromatic heterocycles. The summed E-state index contributed by atoms with van der Waals surface area (Å²) in [5, 5.41) is 22.1. The molecule has 1 aliphatic rings. The Balaban J connectivity index is 0.00000131. The van der Waals surface area contributed by atoms with Gasteiger partial charge in [-0.1, -0.05) is 0 Å². The Morgan fingerprint density at radius 1 is 1.18 bits per heavy atom. The lowest BCUT2D eigenvalue weighted by Gasteiger charge is -2.15. The molecule has 2 N–H and O–H groups in total. The van der Waals surface area contributed by atoms with Gasteiger partial charge in [-0.25, -0.2) is 9.97 Å². The van der Waals surface area contributed by atoms with Crippen molar-refractivity contribution in [2.75, 3.05) is 25.0 Å². The number of hydrogen-bond donors (Lipinski definition) is 2. The van der Waals surface area contributed by atoms with Gasteiger partial charge in [-0.15, -0.1) is 47.4 Å². The molecular formula is C17H22Cl3N7O. The maximum Gasteiger partial charge on any atom is 0.245 e. The minimum atomic E-state index is 0. The molecule has 0 radical (unpaired) electrons. The first-order valence-electron chi connectivity index (χ1n) is 8.18. The predicted octanol–water partition coefficient (Wildman–Crippen LogP) is 2.49. The van der Waals surface area contributed by atoms with Crippen molar-refractivity contribution in [2.24, 2.45) is 0 Å². The topological polar surface area (TPSA) is 92.0 Å². The molecule has 11 heteroatoms. The van der Waals surface area contributed by atoms with Gasteiger partial charge in [0.15, 0.2) is 0 Å². The summed E-state index contributed by atoms with van der Waals surface area (Å²) >= 11 is 0. The largest absolute Gasteiger partial charge is 0.507 e. The first-order chi connectivity index (χ1) is 12.2. The number of benzene rings is 1. The number of aromatic nitrogens is 5. The van der Waals surface area contributed by atoms with Crippen LogP contribution in [0.25, 0.3) is 16.9 Å². The van der Waals surface area contributed by atoms with Crippen LogP contribution in [0, 0.1) is 0 Å². The Bertz CT molecular complexity index is 862. The molecule has 3 aromatic rings. The molecule has 1 saturated heterocycles. The van der Waals surface area contributed by atoms with E-state index in [1.54, 1.807) is 24.8 Å². The molecule has 1 aromatic carbocycles. The maximum absolute atomic E-state index is 10.3. The van der Waals surface area contributed by atoms with Gasteiger partial charge in [-0.05, 0) is 25.6 Å². The Kier molecular flexibility index (Phi) is 8.90. The van der Waals surface area contributed by atoms with Crippen LogP contribution in [-0.2, 0) is 0 Å². The molecule has 0 spiro atoms. The number of hydrogen-bond acceptors (Lipinski definition) is 7. The number of phenols is 1. The standard InChI is InChI=1S/C17H19N7O.3ClH/c1-18-12-4-6-23(10-12)17-20-9-15(21-22-17)14-3-2-13(8-16(14)25)24-7-5-19-11-24;;;/h2-3,5,7-9,11-12,18,25H,4,6,10H2,1H3;3*1H. The molecule has 0 bridgehead atoms. The van der Waals surface area contributed by atoms with Gasteiger partial charge in [0, 0.05) is 43.2 Å². The number of imidazole rings is 1. The third-order valence-electron chi connectivity index (χ3n) is 4.49. The fraction of sp³-hybridized carbons (Fsp3) is 0.294. The minimum absolute atomic E-state index is 0. The molecule has 1 atom stereocenters.